The summed E-state index contributed by atoms with van der Waals surface area (Å²) in [5.41, 5.74) is 0.234. The number of carbonyl (C=O) groups is 1. The fourth-order valence-corrected chi connectivity index (χ4v) is 1.84. The van der Waals surface area contributed by atoms with Crippen LogP contribution in [0.1, 0.15) is 23.7 Å². The summed E-state index contributed by atoms with van der Waals surface area (Å²) < 4.78 is 1.37. The van der Waals surface area contributed by atoms with Gasteiger partial charge in [0.25, 0.3) is 11.5 Å². The minimum atomic E-state index is -0.390. The summed E-state index contributed by atoms with van der Waals surface area (Å²) in [4.78, 5) is 28.2. The maximum Gasteiger partial charge on any atom is 0.270 e. The highest BCUT2D eigenvalue weighted by atomic mass is 16.2. The minimum absolute atomic E-state index is 0.0594. The fraction of sp³-hybridized carbons (Fsp3) is 0.357. The summed E-state index contributed by atoms with van der Waals surface area (Å²) in [5.74, 6) is -0.390. The predicted octanol–water partition coefficient (Wildman–Crippen LogP) is 0.424. The van der Waals surface area contributed by atoms with Crippen molar-refractivity contribution in [3.05, 3.63) is 46.5 Å². The van der Waals surface area contributed by atoms with Crippen LogP contribution in [0.2, 0.25) is 0 Å². The highest BCUT2D eigenvalue weighted by Gasteiger charge is 2.12. The zero-order valence-electron chi connectivity index (χ0n) is 11.4. The molecule has 0 saturated heterocycles. The number of carbonyl (C=O) groups excluding carboxylic acids is 1. The minimum Gasteiger partial charge on any atom is -0.351 e. The smallest absolute Gasteiger partial charge is 0.270 e. The Morgan fingerprint density at radius 1 is 1.30 bits per heavy atom. The van der Waals surface area contributed by atoms with Gasteiger partial charge in [-0.25, -0.2) is 4.98 Å². The Balaban J connectivity index is 2.07. The molecule has 0 radical (unpaired) electrons. The van der Waals surface area contributed by atoms with Crippen molar-refractivity contribution in [1.29, 1.82) is 0 Å². The number of aromatic nitrogens is 2. The van der Waals surface area contributed by atoms with Crippen molar-refractivity contribution in [3.63, 3.8) is 0 Å². The third kappa shape index (κ3) is 3.21. The number of amides is 1. The Morgan fingerprint density at radius 2 is 2.15 bits per heavy atom. The summed E-state index contributed by atoms with van der Waals surface area (Å²) >= 11 is 0. The molecule has 2 aromatic rings. The molecule has 1 amide bonds. The molecule has 0 fully saturated rings. The fourth-order valence-electron chi connectivity index (χ4n) is 1.84. The molecule has 2 aromatic heterocycles. The monoisotopic (exact) mass is 274 g/mol. The highest BCUT2D eigenvalue weighted by Crippen LogP contribution is 1.97. The lowest BCUT2D eigenvalue weighted by Gasteiger charge is -2.06. The van der Waals surface area contributed by atoms with Crippen molar-refractivity contribution in [1.82, 2.24) is 20.0 Å². The summed E-state index contributed by atoms with van der Waals surface area (Å²) in [6.45, 7) is 4.15. The van der Waals surface area contributed by atoms with E-state index in [4.69, 9.17) is 0 Å². The second kappa shape index (κ2) is 6.81. The lowest BCUT2D eigenvalue weighted by Crippen LogP contribution is -2.35. The number of hydrogen-bond acceptors (Lipinski definition) is 4. The van der Waals surface area contributed by atoms with E-state index in [-0.39, 0.29) is 17.0 Å². The topological polar surface area (TPSA) is 75.5 Å². The molecule has 0 atom stereocenters. The predicted molar refractivity (Wildman–Crippen MR) is 77.0 cm³/mol. The van der Waals surface area contributed by atoms with Crippen LogP contribution >= 0.6 is 0 Å². The molecule has 106 valence electrons. The van der Waals surface area contributed by atoms with Gasteiger partial charge in [0.2, 0.25) is 0 Å². The average molecular weight is 274 g/mol. The maximum absolute atomic E-state index is 12.2. The van der Waals surface area contributed by atoms with E-state index in [1.807, 2.05) is 0 Å². The third-order valence-electron chi connectivity index (χ3n) is 2.87. The van der Waals surface area contributed by atoms with Crippen LogP contribution in [0.5, 0.6) is 0 Å². The van der Waals surface area contributed by atoms with Gasteiger partial charge in [-0.05, 0) is 25.1 Å². The zero-order valence-corrected chi connectivity index (χ0v) is 11.4. The maximum atomic E-state index is 12.2. The second-order valence-corrected chi connectivity index (χ2v) is 4.41. The van der Waals surface area contributed by atoms with E-state index < -0.39 is 0 Å². The third-order valence-corrected chi connectivity index (χ3v) is 2.87. The molecule has 0 aromatic carbocycles. The molecule has 0 spiro atoms. The van der Waals surface area contributed by atoms with Crippen LogP contribution in [-0.2, 0) is 0 Å². The van der Waals surface area contributed by atoms with Gasteiger partial charge < -0.3 is 10.6 Å². The van der Waals surface area contributed by atoms with Gasteiger partial charge in [0.15, 0.2) is 0 Å². The molecular weight excluding hydrogens is 256 g/mol. The van der Waals surface area contributed by atoms with Gasteiger partial charge in [0.1, 0.15) is 11.2 Å². The number of nitrogens with zero attached hydrogens (tertiary/aromatic N) is 2. The Hall–Kier alpha value is -2.21. The number of fused-ring (bicyclic) bond motifs is 1. The molecule has 0 aliphatic rings. The van der Waals surface area contributed by atoms with E-state index in [0.29, 0.717) is 18.7 Å². The van der Waals surface area contributed by atoms with Crippen LogP contribution in [-0.4, -0.2) is 34.9 Å². The molecule has 2 rings (SSSR count). The van der Waals surface area contributed by atoms with Crippen LogP contribution in [0.25, 0.3) is 5.65 Å². The van der Waals surface area contributed by atoms with E-state index in [1.165, 1.54) is 10.6 Å². The molecule has 0 unspecified atom stereocenters. The highest BCUT2D eigenvalue weighted by molar-refractivity contribution is 5.93. The molecule has 20 heavy (non-hydrogen) atoms. The Labute approximate surface area is 116 Å². The summed E-state index contributed by atoms with van der Waals surface area (Å²) in [6.07, 6.45) is 3.97. The van der Waals surface area contributed by atoms with Gasteiger partial charge in [0.05, 0.1) is 0 Å². The molecule has 6 heteroatoms. The van der Waals surface area contributed by atoms with E-state index >= 15 is 0 Å². The van der Waals surface area contributed by atoms with Crippen LogP contribution in [0.3, 0.4) is 0 Å². The van der Waals surface area contributed by atoms with Crippen molar-refractivity contribution in [2.45, 2.75) is 13.3 Å². The summed E-state index contributed by atoms with van der Waals surface area (Å²) in [6, 6.07) is 5.24. The normalized spacial score (nSPS) is 10.7. The summed E-state index contributed by atoms with van der Waals surface area (Å²) in [7, 11) is 0. The molecule has 6 nitrogen and oxygen atoms in total. The second-order valence-electron chi connectivity index (χ2n) is 4.41. The standard InChI is InChI=1S/C14H18N4O2/c1-2-6-15-7-8-16-13(19)11-10-17-12-5-3-4-9-18(12)14(11)20/h3-5,9-10,15H,2,6-8H2,1H3,(H,16,19). The van der Waals surface area contributed by atoms with E-state index in [1.54, 1.807) is 24.4 Å². The summed E-state index contributed by atoms with van der Waals surface area (Å²) in [5, 5.41) is 5.88. The van der Waals surface area contributed by atoms with Gasteiger partial charge in [-0.3, -0.25) is 14.0 Å². The Kier molecular flexibility index (Phi) is 4.84. The molecule has 0 aliphatic carbocycles. The quantitative estimate of drug-likeness (QED) is 0.749. The number of nitrogens with one attached hydrogen (secondary N) is 2. The van der Waals surface area contributed by atoms with Gasteiger partial charge in [-0.2, -0.15) is 0 Å². The average Bonchev–Trinajstić information content (AvgIpc) is 2.47. The largest absolute Gasteiger partial charge is 0.351 e. The van der Waals surface area contributed by atoms with Gasteiger partial charge >= 0.3 is 0 Å². The van der Waals surface area contributed by atoms with Crippen molar-refractivity contribution in [2.75, 3.05) is 19.6 Å². The Bertz CT molecular complexity index is 651. The molecule has 2 N–H and O–H groups in total. The first-order valence-electron chi connectivity index (χ1n) is 6.69. The molecule has 2 heterocycles. The van der Waals surface area contributed by atoms with Crippen molar-refractivity contribution in [3.8, 4) is 0 Å². The molecule has 0 saturated carbocycles. The van der Waals surface area contributed by atoms with Crippen LogP contribution < -0.4 is 16.2 Å². The van der Waals surface area contributed by atoms with E-state index in [0.717, 1.165) is 13.0 Å². The lowest BCUT2D eigenvalue weighted by atomic mass is 10.3. The molecule has 0 aliphatic heterocycles. The van der Waals surface area contributed by atoms with Crippen LogP contribution in [0.4, 0.5) is 0 Å². The van der Waals surface area contributed by atoms with Gasteiger partial charge in [0, 0.05) is 25.5 Å². The van der Waals surface area contributed by atoms with Crippen molar-refractivity contribution < 1.29 is 4.79 Å². The lowest BCUT2D eigenvalue weighted by molar-refractivity contribution is 0.0952. The van der Waals surface area contributed by atoms with E-state index in [9.17, 15) is 9.59 Å². The number of pyridine rings is 1. The number of hydrogen-bond donors (Lipinski definition) is 2. The number of rotatable bonds is 6. The Morgan fingerprint density at radius 3 is 2.95 bits per heavy atom. The first-order valence-corrected chi connectivity index (χ1v) is 6.69. The first-order chi connectivity index (χ1) is 9.74. The zero-order chi connectivity index (χ0) is 14.4. The van der Waals surface area contributed by atoms with Crippen LogP contribution in [0, 0.1) is 0 Å². The SMILES string of the molecule is CCCNCCNC(=O)c1cnc2ccccn2c1=O. The van der Waals surface area contributed by atoms with Crippen molar-refractivity contribution in [2.24, 2.45) is 0 Å². The van der Waals surface area contributed by atoms with E-state index in [2.05, 4.69) is 22.5 Å². The van der Waals surface area contributed by atoms with Crippen LogP contribution in [0.15, 0.2) is 35.4 Å². The molecule has 0 bridgehead atoms. The van der Waals surface area contributed by atoms with Gasteiger partial charge in [-0.15, -0.1) is 0 Å². The molecular formula is C14H18N4O2. The van der Waals surface area contributed by atoms with Gasteiger partial charge in [-0.1, -0.05) is 13.0 Å². The first kappa shape index (κ1) is 14.2. The van der Waals surface area contributed by atoms with Crippen molar-refractivity contribution >= 4 is 11.6 Å².